The number of aromatic nitrogens is 3. The number of nitrogen functional groups attached to an aromatic ring is 1. The topological polar surface area (TPSA) is 69.3 Å². The lowest BCUT2D eigenvalue weighted by atomic mass is 10.1. The van der Waals surface area contributed by atoms with E-state index in [1.165, 1.54) is 0 Å². The first kappa shape index (κ1) is 14.3. The van der Waals surface area contributed by atoms with Crippen LogP contribution in [0, 0.1) is 0 Å². The minimum Gasteiger partial charge on any atom is -0.446 e. The molecule has 114 valence electrons. The number of benzene rings is 1. The zero-order valence-corrected chi connectivity index (χ0v) is 14.0. The maximum absolute atomic E-state index is 6.12. The third-order valence-electron chi connectivity index (χ3n) is 3.42. The molecule has 1 aromatic carbocycles. The Morgan fingerprint density at radius 2 is 1.96 bits per heavy atom. The highest BCUT2D eigenvalue weighted by atomic mass is 79.9. The minimum absolute atomic E-state index is 0.477. The minimum atomic E-state index is 0.477. The van der Waals surface area contributed by atoms with Crippen LogP contribution in [-0.4, -0.2) is 14.6 Å². The van der Waals surface area contributed by atoms with E-state index in [2.05, 4.69) is 26.0 Å². The van der Waals surface area contributed by atoms with E-state index < -0.39 is 0 Å². The molecule has 0 fully saturated rings. The Labute approximate surface area is 144 Å². The van der Waals surface area contributed by atoms with E-state index in [1.807, 2.05) is 36.4 Å². The van der Waals surface area contributed by atoms with Crippen LogP contribution in [0.4, 0.5) is 5.82 Å². The van der Waals surface area contributed by atoms with Crippen molar-refractivity contribution in [2.45, 2.75) is 0 Å². The Bertz CT molecular complexity index is 1020. The molecule has 0 radical (unpaired) electrons. The number of anilines is 1. The van der Waals surface area contributed by atoms with Crippen LogP contribution in [0.15, 0.2) is 57.6 Å². The fraction of sp³-hybridized carbons (Fsp3) is 0. The molecule has 3 aromatic heterocycles. The molecule has 0 spiro atoms. The normalized spacial score (nSPS) is 11.2. The molecular formula is C16H10BrClN4O. The first-order chi connectivity index (χ1) is 11.1. The molecule has 23 heavy (non-hydrogen) atoms. The Hall–Kier alpha value is -2.31. The Morgan fingerprint density at radius 1 is 1.09 bits per heavy atom. The molecule has 0 saturated carbocycles. The molecule has 0 aliphatic rings. The van der Waals surface area contributed by atoms with Crippen LogP contribution in [0.25, 0.3) is 28.4 Å². The molecule has 2 N–H and O–H groups in total. The summed E-state index contributed by atoms with van der Waals surface area (Å²) >= 11 is 9.33. The number of halogens is 2. The molecule has 0 aliphatic heterocycles. The van der Waals surface area contributed by atoms with E-state index in [9.17, 15) is 0 Å². The fourth-order valence-corrected chi connectivity index (χ4v) is 2.88. The lowest BCUT2D eigenvalue weighted by Gasteiger charge is -2.05. The van der Waals surface area contributed by atoms with Gasteiger partial charge in [-0.1, -0.05) is 23.7 Å². The third-order valence-corrected chi connectivity index (χ3v) is 4.08. The zero-order chi connectivity index (χ0) is 16.0. The van der Waals surface area contributed by atoms with Gasteiger partial charge in [0.2, 0.25) is 5.82 Å². The van der Waals surface area contributed by atoms with Gasteiger partial charge in [0.25, 0.3) is 0 Å². The number of nitrogens with zero attached hydrogens (tertiary/aromatic N) is 3. The molecule has 3 heterocycles. The van der Waals surface area contributed by atoms with Crippen LogP contribution in [-0.2, 0) is 0 Å². The molecule has 0 unspecified atom stereocenters. The maximum Gasteiger partial charge on any atom is 0.218 e. The third kappa shape index (κ3) is 2.60. The van der Waals surface area contributed by atoms with Crippen LogP contribution in [0.3, 0.4) is 0 Å². The summed E-state index contributed by atoms with van der Waals surface area (Å²) in [6, 6.07) is 14.9. The average molecular weight is 390 g/mol. The smallest absolute Gasteiger partial charge is 0.218 e. The highest BCUT2D eigenvalue weighted by Crippen LogP contribution is 2.28. The summed E-state index contributed by atoms with van der Waals surface area (Å²) in [6.45, 7) is 0. The number of nitrogens with two attached hydrogens (primary N) is 1. The van der Waals surface area contributed by atoms with Crippen molar-refractivity contribution in [1.82, 2.24) is 14.6 Å². The van der Waals surface area contributed by atoms with Crippen molar-refractivity contribution in [2.75, 3.05) is 5.73 Å². The van der Waals surface area contributed by atoms with Crippen molar-refractivity contribution in [3.8, 4) is 22.7 Å². The molecule has 0 amide bonds. The van der Waals surface area contributed by atoms with Gasteiger partial charge in [0, 0.05) is 5.02 Å². The second-order valence-electron chi connectivity index (χ2n) is 4.99. The largest absolute Gasteiger partial charge is 0.446 e. The van der Waals surface area contributed by atoms with E-state index in [0.29, 0.717) is 32.7 Å². The second kappa shape index (κ2) is 5.40. The van der Waals surface area contributed by atoms with E-state index in [4.69, 9.17) is 21.8 Å². The van der Waals surface area contributed by atoms with Gasteiger partial charge in [-0.25, -0.2) is 4.98 Å². The van der Waals surface area contributed by atoms with E-state index in [1.54, 1.807) is 16.6 Å². The highest BCUT2D eigenvalue weighted by Gasteiger charge is 2.13. The summed E-state index contributed by atoms with van der Waals surface area (Å²) in [5.74, 6) is 1.54. The van der Waals surface area contributed by atoms with Gasteiger partial charge in [-0.2, -0.15) is 4.52 Å². The van der Waals surface area contributed by atoms with Crippen molar-refractivity contribution in [3.63, 3.8) is 0 Å². The van der Waals surface area contributed by atoms with Gasteiger partial charge in [0.05, 0.1) is 0 Å². The summed E-state index contributed by atoms with van der Waals surface area (Å²) < 4.78 is 7.70. The molecule has 7 heteroatoms. The van der Waals surface area contributed by atoms with Crippen LogP contribution < -0.4 is 5.73 Å². The highest BCUT2D eigenvalue weighted by molar-refractivity contribution is 9.10. The van der Waals surface area contributed by atoms with Gasteiger partial charge in [0.15, 0.2) is 16.1 Å². The lowest BCUT2D eigenvalue weighted by molar-refractivity contribution is 0.551. The fourth-order valence-electron chi connectivity index (χ4n) is 2.38. The number of furan rings is 1. The average Bonchev–Trinajstić information content (AvgIpc) is 3.13. The number of rotatable bonds is 2. The van der Waals surface area contributed by atoms with Gasteiger partial charge in [-0.05, 0) is 63.5 Å². The summed E-state index contributed by atoms with van der Waals surface area (Å²) in [6.07, 6.45) is 0. The van der Waals surface area contributed by atoms with Gasteiger partial charge >= 0.3 is 0 Å². The van der Waals surface area contributed by atoms with E-state index in [0.717, 1.165) is 11.1 Å². The van der Waals surface area contributed by atoms with Gasteiger partial charge < -0.3 is 10.2 Å². The van der Waals surface area contributed by atoms with Crippen molar-refractivity contribution in [2.24, 2.45) is 0 Å². The Morgan fingerprint density at radius 3 is 2.70 bits per heavy atom. The second-order valence-corrected chi connectivity index (χ2v) is 6.21. The Balaban J connectivity index is 1.87. The van der Waals surface area contributed by atoms with Crippen molar-refractivity contribution >= 4 is 39.0 Å². The van der Waals surface area contributed by atoms with Gasteiger partial charge in [-0.3, -0.25) is 0 Å². The van der Waals surface area contributed by atoms with Crippen LogP contribution >= 0.6 is 27.5 Å². The Kier molecular flexibility index (Phi) is 3.36. The SMILES string of the molecule is Nc1cc(-c2cccc(Cl)c2)cc2nc(-c3ccc(Br)o3)nn12. The van der Waals surface area contributed by atoms with Crippen molar-refractivity contribution in [1.29, 1.82) is 0 Å². The quantitative estimate of drug-likeness (QED) is 0.541. The predicted molar refractivity (Wildman–Crippen MR) is 93.2 cm³/mol. The van der Waals surface area contributed by atoms with Crippen molar-refractivity contribution < 1.29 is 4.42 Å². The summed E-state index contributed by atoms with van der Waals surface area (Å²) in [7, 11) is 0. The molecular weight excluding hydrogens is 380 g/mol. The summed E-state index contributed by atoms with van der Waals surface area (Å²) in [5, 5.41) is 5.06. The molecule has 4 rings (SSSR count). The zero-order valence-electron chi connectivity index (χ0n) is 11.7. The monoisotopic (exact) mass is 388 g/mol. The molecule has 5 nitrogen and oxygen atoms in total. The summed E-state index contributed by atoms with van der Waals surface area (Å²) in [4.78, 5) is 4.49. The van der Waals surface area contributed by atoms with Crippen LogP contribution in [0.5, 0.6) is 0 Å². The maximum atomic E-state index is 6.12. The number of fused-ring (bicyclic) bond motifs is 1. The standard InChI is InChI=1S/C16H10BrClN4O/c17-13-5-4-12(23-13)16-20-15-8-10(7-14(19)22(15)21-16)9-2-1-3-11(18)6-9/h1-8H,19H2. The summed E-state index contributed by atoms with van der Waals surface area (Å²) in [5.41, 5.74) is 8.66. The van der Waals surface area contributed by atoms with Crippen molar-refractivity contribution in [3.05, 3.63) is 58.2 Å². The number of pyridine rings is 1. The first-order valence-electron chi connectivity index (χ1n) is 6.78. The van der Waals surface area contributed by atoms with Crippen LogP contribution in [0.2, 0.25) is 5.02 Å². The molecule has 0 saturated heterocycles. The molecule has 0 atom stereocenters. The van der Waals surface area contributed by atoms with Gasteiger partial charge in [0.1, 0.15) is 5.82 Å². The predicted octanol–water partition coefficient (Wildman–Crippen LogP) is 4.65. The molecule has 0 aliphatic carbocycles. The van der Waals surface area contributed by atoms with Crippen LogP contribution in [0.1, 0.15) is 0 Å². The molecule has 0 bridgehead atoms. The van der Waals surface area contributed by atoms with Gasteiger partial charge in [-0.15, -0.1) is 5.10 Å². The molecule has 4 aromatic rings. The lowest BCUT2D eigenvalue weighted by Crippen LogP contribution is -1.98. The van der Waals surface area contributed by atoms with E-state index >= 15 is 0 Å². The number of hydrogen-bond donors (Lipinski definition) is 1. The first-order valence-corrected chi connectivity index (χ1v) is 7.95. The van der Waals surface area contributed by atoms with E-state index in [-0.39, 0.29) is 0 Å². The number of hydrogen-bond acceptors (Lipinski definition) is 4.